The van der Waals surface area contributed by atoms with Crippen LogP contribution in [0.3, 0.4) is 0 Å². The summed E-state index contributed by atoms with van der Waals surface area (Å²) in [7, 11) is 1.56. The smallest absolute Gasteiger partial charge is 0.150 e. The van der Waals surface area contributed by atoms with Crippen LogP contribution in [-0.2, 0) is 0 Å². The van der Waals surface area contributed by atoms with Crippen molar-refractivity contribution in [3.05, 3.63) is 24.0 Å². The van der Waals surface area contributed by atoms with Crippen molar-refractivity contribution in [1.82, 2.24) is 4.90 Å². The van der Waals surface area contributed by atoms with Crippen molar-refractivity contribution < 1.29 is 14.2 Å². The number of benzene rings is 1. The van der Waals surface area contributed by atoms with Gasteiger partial charge < -0.3 is 14.7 Å². The minimum absolute atomic E-state index is 0.244. The Morgan fingerprint density at radius 2 is 2.00 bits per heavy atom. The molecule has 20 heavy (non-hydrogen) atoms. The zero-order chi connectivity index (χ0) is 14.5. The van der Waals surface area contributed by atoms with Gasteiger partial charge in [-0.2, -0.15) is 0 Å². The highest BCUT2D eigenvalue weighted by Crippen LogP contribution is 2.31. The van der Waals surface area contributed by atoms with Crippen LogP contribution in [0.2, 0.25) is 0 Å². The monoisotopic (exact) mass is 282 g/mol. The summed E-state index contributed by atoms with van der Waals surface area (Å²) in [6.45, 7) is 5.81. The van der Waals surface area contributed by atoms with Gasteiger partial charge in [-0.15, -0.1) is 0 Å². The second-order valence-corrected chi connectivity index (χ2v) is 5.14. The second kappa shape index (κ2) is 6.90. The molecule has 0 spiro atoms. The largest absolute Gasteiger partial charge is 0.494 e. The minimum atomic E-state index is -0.274. The number of hydrogen-bond donors (Lipinski definition) is 1. The fraction of sp³-hybridized carbons (Fsp3) is 0.600. The summed E-state index contributed by atoms with van der Waals surface area (Å²) < 4.78 is 19.3. The molecule has 2 rings (SSSR count). The predicted octanol–water partition coefficient (Wildman–Crippen LogP) is 1.73. The van der Waals surface area contributed by atoms with E-state index in [0.717, 1.165) is 32.6 Å². The van der Waals surface area contributed by atoms with Crippen LogP contribution in [-0.4, -0.2) is 55.9 Å². The number of rotatable bonds is 5. The molecular formula is C15H23FN2O2. The van der Waals surface area contributed by atoms with Crippen molar-refractivity contribution in [2.24, 2.45) is 0 Å². The van der Waals surface area contributed by atoms with Crippen LogP contribution in [0.15, 0.2) is 18.2 Å². The number of aliphatic hydroxyl groups excluding tert-OH is 1. The Morgan fingerprint density at radius 1 is 1.30 bits per heavy atom. The molecule has 1 heterocycles. The van der Waals surface area contributed by atoms with Gasteiger partial charge in [-0.05, 0) is 18.6 Å². The molecule has 0 unspecified atom stereocenters. The highest BCUT2D eigenvalue weighted by Gasteiger charge is 2.23. The molecule has 1 fully saturated rings. The van der Waals surface area contributed by atoms with Crippen molar-refractivity contribution >= 4 is 5.69 Å². The number of aliphatic hydroxyl groups is 1. The molecule has 112 valence electrons. The number of nitrogens with zero attached hydrogens (tertiary/aromatic N) is 2. The van der Waals surface area contributed by atoms with Crippen LogP contribution in [0.5, 0.6) is 5.75 Å². The van der Waals surface area contributed by atoms with Gasteiger partial charge in [0.2, 0.25) is 0 Å². The molecule has 1 aliphatic heterocycles. The summed E-state index contributed by atoms with van der Waals surface area (Å²) in [6.07, 6.45) is 0.492. The third kappa shape index (κ3) is 3.41. The van der Waals surface area contributed by atoms with E-state index >= 15 is 0 Å². The van der Waals surface area contributed by atoms with Crippen LogP contribution in [0.25, 0.3) is 0 Å². The van der Waals surface area contributed by atoms with E-state index < -0.39 is 0 Å². The van der Waals surface area contributed by atoms with Crippen LogP contribution in [0.4, 0.5) is 10.1 Å². The zero-order valence-corrected chi connectivity index (χ0v) is 12.2. The average molecular weight is 282 g/mol. The van der Waals surface area contributed by atoms with Crippen molar-refractivity contribution in [2.75, 3.05) is 44.7 Å². The van der Waals surface area contributed by atoms with Crippen LogP contribution >= 0.6 is 0 Å². The molecule has 0 aromatic heterocycles. The third-order valence-electron chi connectivity index (χ3n) is 3.80. The molecule has 0 bridgehead atoms. The predicted molar refractivity (Wildman–Crippen MR) is 77.9 cm³/mol. The maximum atomic E-state index is 14.0. The summed E-state index contributed by atoms with van der Waals surface area (Å²) in [5.41, 5.74) is 0.547. The Morgan fingerprint density at radius 3 is 2.60 bits per heavy atom. The van der Waals surface area contributed by atoms with Gasteiger partial charge in [0.1, 0.15) is 17.3 Å². The SMILES string of the molecule is CC[C@H](O)CN1CCN(c2c(F)cccc2OC)CC1. The van der Waals surface area contributed by atoms with Gasteiger partial charge in [0.05, 0.1) is 13.2 Å². The molecule has 1 saturated heterocycles. The lowest BCUT2D eigenvalue weighted by atomic mass is 10.2. The van der Waals surface area contributed by atoms with E-state index in [0.29, 0.717) is 18.0 Å². The van der Waals surface area contributed by atoms with Crippen molar-refractivity contribution in [3.8, 4) is 5.75 Å². The first-order valence-corrected chi connectivity index (χ1v) is 7.13. The van der Waals surface area contributed by atoms with Gasteiger partial charge in [-0.3, -0.25) is 4.90 Å². The van der Waals surface area contributed by atoms with E-state index in [-0.39, 0.29) is 11.9 Å². The van der Waals surface area contributed by atoms with Gasteiger partial charge in [-0.1, -0.05) is 13.0 Å². The van der Waals surface area contributed by atoms with Gasteiger partial charge in [0.15, 0.2) is 0 Å². The lowest BCUT2D eigenvalue weighted by Crippen LogP contribution is -2.48. The second-order valence-electron chi connectivity index (χ2n) is 5.14. The number of hydrogen-bond acceptors (Lipinski definition) is 4. The fourth-order valence-electron chi connectivity index (χ4n) is 2.55. The molecular weight excluding hydrogens is 259 g/mol. The summed E-state index contributed by atoms with van der Waals surface area (Å²) in [5, 5.41) is 9.68. The van der Waals surface area contributed by atoms with E-state index in [1.165, 1.54) is 6.07 Å². The standard InChI is InChI=1S/C15H23FN2O2/c1-3-12(19)11-17-7-9-18(10-8-17)15-13(16)5-4-6-14(15)20-2/h4-6,12,19H,3,7-11H2,1-2H3/t12-/m0/s1. The first-order valence-electron chi connectivity index (χ1n) is 7.13. The Kier molecular flexibility index (Phi) is 5.20. The number of ether oxygens (including phenoxy) is 1. The lowest BCUT2D eigenvalue weighted by Gasteiger charge is -2.37. The van der Waals surface area contributed by atoms with Crippen LogP contribution < -0.4 is 9.64 Å². The Balaban J connectivity index is 2.00. The van der Waals surface area contributed by atoms with Crippen molar-refractivity contribution in [3.63, 3.8) is 0 Å². The summed E-state index contributed by atoms with van der Waals surface area (Å²) in [6, 6.07) is 4.90. The molecule has 1 aromatic rings. The van der Waals surface area contributed by atoms with Gasteiger partial charge in [-0.25, -0.2) is 4.39 Å². The van der Waals surface area contributed by atoms with Crippen LogP contribution in [0.1, 0.15) is 13.3 Å². The molecule has 5 heteroatoms. The van der Waals surface area contributed by atoms with Crippen molar-refractivity contribution in [2.45, 2.75) is 19.4 Å². The number of halogens is 1. The Labute approximate surface area is 119 Å². The Hall–Kier alpha value is -1.33. The van der Waals surface area contributed by atoms with E-state index in [2.05, 4.69) is 4.90 Å². The summed E-state index contributed by atoms with van der Waals surface area (Å²) in [5.74, 6) is 0.332. The minimum Gasteiger partial charge on any atom is -0.494 e. The normalized spacial score (nSPS) is 18.1. The number of piperazine rings is 1. The van der Waals surface area contributed by atoms with E-state index in [1.807, 2.05) is 11.8 Å². The first-order chi connectivity index (χ1) is 9.65. The quantitative estimate of drug-likeness (QED) is 0.892. The zero-order valence-electron chi connectivity index (χ0n) is 12.2. The molecule has 1 aromatic carbocycles. The third-order valence-corrected chi connectivity index (χ3v) is 3.80. The van der Waals surface area contributed by atoms with Crippen LogP contribution in [0, 0.1) is 5.82 Å². The number of methoxy groups -OCH3 is 1. The van der Waals surface area contributed by atoms with E-state index in [4.69, 9.17) is 4.74 Å². The fourth-order valence-corrected chi connectivity index (χ4v) is 2.55. The summed E-state index contributed by atoms with van der Waals surface area (Å²) >= 11 is 0. The van der Waals surface area contributed by atoms with E-state index in [9.17, 15) is 9.50 Å². The molecule has 0 aliphatic carbocycles. The molecule has 1 atom stereocenters. The molecule has 1 N–H and O–H groups in total. The topological polar surface area (TPSA) is 35.9 Å². The molecule has 0 saturated carbocycles. The molecule has 0 radical (unpaired) electrons. The highest BCUT2D eigenvalue weighted by molar-refractivity contribution is 5.59. The van der Waals surface area contributed by atoms with Gasteiger partial charge in [0, 0.05) is 32.7 Å². The maximum absolute atomic E-state index is 14.0. The number of para-hydroxylation sites is 1. The maximum Gasteiger partial charge on any atom is 0.150 e. The van der Waals surface area contributed by atoms with Gasteiger partial charge in [0.25, 0.3) is 0 Å². The lowest BCUT2D eigenvalue weighted by molar-refractivity contribution is 0.106. The van der Waals surface area contributed by atoms with Gasteiger partial charge >= 0.3 is 0 Å². The highest BCUT2D eigenvalue weighted by atomic mass is 19.1. The number of β-amino-alcohol motifs (C(OH)–C–C–N with tert-alkyl or cyclic N) is 1. The number of anilines is 1. The average Bonchev–Trinajstić information content (AvgIpc) is 2.48. The van der Waals surface area contributed by atoms with E-state index in [1.54, 1.807) is 19.2 Å². The summed E-state index contributed by atoms with van der Waals surface area (Å²) in [4.78, 5) is 4.24. The Bertz CT molecular complexity index is 434. The first kappa shape index (κ1) is 15.1. The van der Waals surface area contributed by atoms with Crippen molar-refractivity contribution in [1.29, 1.82) is 0 Å². The molecule has 0 amide bonds. The molecule has 4 nitrogen and oxygen atoms in total. The molecule has 1 aliphatic rings.